The van der Waals surface area contributed by atoms with E-state index in [1.165, 1.54) is 30.4 Å². The number of primary sulfonamides is 1. The van der Waals surface area contributed by atoms with Gasteiger partial charge in [-0.2, -0.15) is 5.10 Å². The normalized spacial score (nSPS) is 17.6. The Morgan fingerprint density at radius 3 is 2.52 bits per heavy atom. The Morgan fingerprint density at radius 2 is 1.91 bits per heavy atom. The average molecular weight is 637 g/mol. The molecule has 3 N–H and O–H groups in total. The van der Waals surface area contributed by atoms with Crippen molar-refractivity contribution in [1.29, 1.82) is 0 Å². The van der Waals surface area contributed by atoms with Crippen LogP contribution in [-0.2, 0) is 22.9 Å². The van der Waals surface area contributed by atoms with Crippen molar-refractivity contribution in [3.05, 3.63) is 87.6 Å². The van der Waals surface area contributed by atoms with Crippen molar-refractivity contribution in [3.63, 3.8) is 0 Å². The van der Waals surface area contributed by atoms with Crippen LogP contribution >= 0.6 is 11.3 Å². The number of hydrogen-bond acceptors (Lipinski definition) is 6. The van der Waals surface area contributed by atoms with Gasteiger partial charge in [0.15, 0.2) is 5.69 Å². The number of aromatic nitrogens is 3. The minimum atomic E-state index is -4.24. The van der Waals surface area contributed by atoms with E-state index in [0.29, 0.717) is 45.3 Å². The summed E-state index contributed by atoms with van der Waals surface area (Å²) in [6.07, 6.45) is 10.3. The first-order chi connectivity index (χ1) is 21.0. The van der Waals surface area contributed by atoms with Crippen LogP contribution in [0.2, 0.25) is 0 Å². The molecular formula is C32H30F2N4O4S2. The van der Waals surface area contributed by atoms with Crippen LogP contribution in [0.5, 0.6) is 0 Å². The number of benzene rings is 2. The highest BCUT2D eigenvalue weighted by molar-refractivity contribution is 7.89. The van der Waals surface area contributed by atoms with Crippen LogP contribution in [-0.4, -0.2) is 34.3 Å². The van der Waals surface area contributed by atoms with E-state index in [1.807, 2.05) is 6.07 Å². The number of carboxylic acids is 1. The molecule has 2 aromatic carbocycles. The minimum absolute atomic E-state index is 0.0941. The van der Waals surface area contributed by atoms with Gasteiger partial charge < -0.3 is 5.11 Å². The maximum absolute atomic E-state index is 15.3. The Kier molecular flexibility index (Phi) is 7.06. The molecule has 2 aromatic heterocycles. The van der Waals surface area contributed by atoms with Gasteiger partial charge in [-0.15, -0.1) is 11.3 Å². The summed E-state index contributed by atoms with van der Waals surface area (Å²) in [5.74, 6) is -2.00. The second-order valence-electron chi connectivity index (χ2n) is 12.3. The van der Waals surface area contributed by atoms with Gasteiger partial charge in [-0.05, 0) is 104 Å². The molecule has 0 amide bonds. The number of hydrogen-bond donors (Lipinski definition) is 2. The van der Waals surface area contributed by atoms with Crippen molar-refractivity contribution in [2.75, 3.05) is 0 Å². The maximum Gasteiger partial charge on any atom is 0.355 e. The maximum atomic E-state index is 15.3. The molecule has 0 unspecified atom stereocenters. The molecule has 3 aliphatic carbocycles. The van der Waals surface area contributed by atoms with Gasteiger partial charge in [0.2, 0.25) is 15.2 Å². The Labute approximate surface area is 257 Å². The molecule has 2 heterocycles. The fourth-order valence-corrected chi connectivity index (χ4v) is 7.51. The van der Waals surface area contributed by atoms with Gasteiger partial charge in [-0.25, -0.2) is 36.8 Å². The minimum Gasteiger partial charge on any atom is -0.476 e. The molecule has 1 spiro atoms. The Balaban J connectivity index is 1.37. The first-order valence-corrected chi connectivity index (χ1v) is 17.0. The van der Waals surface area contributed by atoms with E-state index in [9.17, 15) is 22.7 Å². The molecule has 0 aliphatic heterocycles. The molecule has 0 bridgehead atoms. The van der Waals surface area contributed by atoms with Crippen LogP contribution in [0.3, 0.4) is 0 Å². The van der Waals surface area contributed by atoms with Crippen molar-refractivity contribution in [2.24, 2.45) is 16.5 Å². The second-order valence-corrected chi connectivity index (χ2v) is 14.6. The number of carbonyl (C=O) groups is 1. The molecule has 2 saturated carbocycles. The van der Waals surface area contributed by atoms with E-state index < -0.39 is 26.7 Å². The lowest BCUT2D eigenvalue weighted by Crippen LogP contribution is -2.14. The molecule has 7 rings (SSSR count). The summed E-state index contributed by atoms with van der Waals surface area (Å²) < 4.78 is 55.5. The van der Waals surface area contributed by atoms with Gasteiger partial charge in [0.05, 0.1) is 11.4 Å². The van der Waals surface area contributed by atoms with Crippen LogP contribution in [0, 0.1) is 23.0 Å². The first-order valence-electron chi connectivity index (χ1n) is 14.6. The highest BCUT2D eigenvalue weighted by Gasteiger charge is 2.43. The summed E-state index contributed by atoms with van der Waals surface area (Å²) in [4.78, 5) is 15.4. The summed E-state index contributed by atoms with van der Waals surface area (Å²) in [6.45, 7) is 0. The number of sulfonamides is 1. The van der Waals surface area contributed by atoms with E-state index >= 15 is 4.39 Å². The van der Waals surface area contributed by atoms with E-state index in [4.69, 9.17) is 10.2 Å². The number of halogens is 2. The highest BCUT2D eigenvalue weighted by atomic mass is 32.2. The summed E-state index contributed by atoms with van der Waals surface area (Å²) in [7, 11) is -4.24. The van der Waals surface area contributed by atoms with E-state index in [0.717, 1.165) is 72.4 Å². The molecule has 0 atom stereocenters. The van der Waals surface area contributed by atoms with Gasteiger partial charge in [-0.1, -0.05) is 12.1 Å². The summed E-state index contributed by atoms with van der Waals surface area (Å²) in [5, 5.41) is 21.5. The van der Waals surface area contributed by atoms with Gasteiger partial charge in [0.25, 0.3) is 0 Å². The van der Waals surface area contributed by atoms with Gasteiger partial charge in [0.1, 0.15) is 16.5 Å². The Bertz CT molecular complexity index is 1960. The molecule has 3 aliphatic rings. The number of thiazole rings is 1. The molecule has 12 heteroatoms. The Hall–Kier alpha value is -3.74. The molecule has 2 fully saturated rings. The predicted octanol–water partition coefficient (Wildman–Crippen LogP) is 6.51. The van der Waals surface area contributed by atoms with Crippen molar-refractivity contribution >= 4 is 32.9 Å². The molecule has 228 valence electrons. The molecule has 4 aromatic rings. The topological polar surface area (TPSA) is 128 Å². The third-order valence-corrected chi connectivity index (χ3v) is 10.9. The standard InChI is InChI=1S/C32H30F2N4O4S2/c33-24-5-4-21(16-22(24)20-7-9-32(10-8-20)11-12-32)29-23(13-19-3-6-28(25(34)14-19)44(35,41)42)27(15-18-1-2-18)38(37-29)31-36-26(17-43-31)30(39)40/h3-7,14,16-18H,1-2,8-13,15H2,(H,39,40)(H2,35,41,42). The van der Waals surface area contributed by atoms with E-state index in [1.54, 1.807) is 10.7 Å². The zero-order valence-corrected chi connectivity index (χ0v) is 25.4. The number of nitrogens with two attached hydrogens (primary N) is 1. The fraction of sp³-hybridized carbons (Fsp3) is 0.344. The van der Waals surface area contributed by atoms with Crippen LogP contribution in [0.15, 0.2) is 52.7 Å². The largest absolute Gasteiger partial charge is 0.476 e. The lowest BCUT2D eigenvalue weighted by molar-refractivity contribution is 0.0691. The van der Waals surface area contributed by atoms with Gasteiger partial charge in [-0.3, -0.25) is 0 Å². The number of nitrogens with zero attached hydrogens (tertiary/aromatic N) is 3. The number of rotatable bonds is 9. The quantitative estimate of drug-likeness (QED) is 0.216. The van der Waals surface area contributed by atoms with Crippen LogP contribution in [0.1, 0.15) is 77.8 Å². The highest BCUT2D eigenvalue weighted by Crippen LogP contribution is 2.56. The zero-order valence-electron chi connectivity index (χ0n) is 23.7. The average Bonchev–Trinajstić information content (AvgIpc) is 3.86. The third kappa shape index (κ3) is 5.62. The molecule has 0 saturated heterocycles. The van der Waals surface area contributed by atoms with Gasteiger partial charge >= 0.3 is 5.97 Å². The summed E-state index contributed by atoms with van der Waals surface area (Å²) >= 11 is 1.16. The Morgan fingerprint density at radius 1 is 1.11 bits per heavy atom. The van der Waals surface area contributed by atoms with Crippen molar-refractivity contribution in [3.8, 4) is 16.4 Å². The second kappa shape index (κ2) is 10.7. The molecule has 8 nitrogen and oxygen atoms in total. The zero-order chi connectivity index (χ0) is 30.8. The van der Waals surface area contributed by atoms with E-state index in [2.05, 4.69) is 11.1 Å². The van der Waals surface area contributed by atoms with Crippen molar-refractivity contribution < 1.29 is 27.1 Å². The summed E-state index contributed by atoms with van der Waals surface area (Å²) in [5.41, 5.74) is 5.13. The monoisotopic (exact) mass is 636 g/mol. The molecule has 0 radical (unpaired) electrons. The van der Waals surface area contributed by atoms with Gasteiger partial charge in [0, 0.05) is 28.5 Å². The van der Waals surface area contributed by atoms with Crippen LogP contribution in [0.4, 0.5) is 8.78 Å². The fourth-order valence-electron chi connectivity index (χ4n) is 6.15. The van der Waals surface area contributed by atoms with E-state index in [-0.39, 0.29) is 17.9 Å². The van der Waals surface area contributed by atoms with Crippen molar-refractivity contribution in [2.45, 2.75) is 62.7 Å². The summed E-state index contributed by atoms with van der Waals surface area (Å²) in [6, 6.07) is 8.78. The number of aromatic carboxylic acids is 1. The third-order valence-electron chi connectivity index (χ3n) is 9.09. The smallest absolute Gasteiger partial charge is 0.355 e. The van der Waals surface area contributed by atoms with Crippen molar-refractivity contribution in [1.82, 2.24) is 14.8 Å². The number of allylic oxidation sites excluding steroid dienone is 2. The first kappa shape index (κ1) is 29.0. The number of carboxylic acid groups (broad SMARTS) is 1. The lowest BCUT2D eigenvalue weighted by atomic mass is 9.83. The molecule has 44 heavy (non-hydrogen) atoms. The molecular weight excluding hydrogens is 607 g/mol. The lowest BCUT2D eigenvalue weighted by Gasteiger charge is -2.22. The van der Waals surface area contributed by atoms with Crippen LogP contribution in [0.25, 0.3) is 22.0 Å². The SMILES string of the molecule is NS(=O)(=O)c1ccc(Cc2c(-c3ccc(F)c(C4=CCC5(CC4)CC5)c3)nn(-c3nc(C(=O)O)cs3)c2CC2CC2)cc1F. The predicted molar refractivity (Wildman–Crippen MR) is 162 cm³/mol. The van der Waals surface area contributed by atoms with Crippen LogP contribution < -0.4 is 5.14 Å².